The molecular weight excluding hydrogens is 220 g/mol. The highest BCUT2D eigenvalue weighted by molar-refractivity contribution is 6.05. The Labute approximate surface area is 107 Å². The van der Waals surface area contributed by atoms with Crippen molar-refractivity contribution >= 4 is 21.9 Å². The van der Waals surface area contributed by atoms with Gasteiger partial charge in [0.15, 0.2) is 0 Å². The lowest BCUT2D eigenvalue weighted by atomic mass is 9.95. The van der Waals surface area contributed by atoms with Crippen LogP contribution in [0.4, 0.5) is 0 Å². The van der Waals surface area contributed by atoms with Gasteiger partial charge in [-0.2, -0.15) is 0 Å². The van der Waals surface area contributed by atoms with Gasteiger partial charge in [0.05, 0.1) is 0 Å². The summed E-state index contributed by atoms with van der Waals surface area (Å²) >= 11 is 0. The summed E-state index contributed by atoms with van der Waals surface area (Å²) in [4.78, 5) is 0. The molecule has 0 aliphatic heterocycles. The van der Waals surface area contributed by atoms with E-state index < -0.39 is 0 Å². The fourth-order valence-corrected chi connectivity index (χ4v) is 2.75. The highest BCUT2D eigenvalue weighted by Crippen LogP contribution is 2.34. The zero-order chi connectivity index (χ0) is 12.5. The smallest absolute Gasteiger partial charge is 0.138 e. The molecule has 0 spiro atoms. The molecule has 3 rings (SSSR count). The van der Waals surface area contributed by atoms with E-state index in [4.69, 9.17) is 4.42 Å². The summed E-state index contributed by atoms with van der Waals surface area (Å²) in [5.74, 6) is 0.555. The lowest BCUT2D eigenvalue weighted by molar-refractivity contribution is 0.628. The first kappa shape index (κ1) is 11.3. The van der Waals surface area contributed by atoms with Gasteiger partial charge in [-0.1, -0.05) is 56.7 Å². The Kier molecular flexibility index (Phi) is 2.83. The molecule has 1 heteroatoms. The monoisotopic (exact) mass is 238 g/mol. The lowest BCUT2D eigenvalue weighted by Crippen LogP contribution is -1.92. The molecule has 92 valence electrons. The molecule has 18 heavy (non-hydrogen) atoms. The maximum absolute atomic E-state index is 6.05. The van der Waals surface area contributed by atoms with E-state index in [1.54, 1.807) is 0 Å². The van der Waals surface area contributed by atoms with Crippen molar-refractivity contribution in [2.45, 2.75) is 32.6 Å². The van der Waals surface area contributed by atoms with Crippen LogP contribution in [0.2, 0.25) is 0 Å². The van der Waals surface area contributed by atoms with Crippen LogP contribution in [0.3, 0.4) is 0 Å². The maximum atomic E-state index is 6.05. The number of benzene rings is 2. The molecule has 0 radical (unpaired) electrons. The summed E-state index contributed by atoms with van der Waals surface area (Å²) in [6, 6.07) is 14.8. The van der Waals surface area contributed by atoms with Gasteiger partial charge in [0.2, 0.25) is 0 Å². The van der Waals surface area contributed by atoms with Gasteiger partial charge in [0.25, 0.3) is 0 Å². The highest BCUT2D eigenvalue weighted by Gasteiger charge is 2.13. The number of furan rings is 1. The van der Waals surface area contributed by atoms with Crippen LogP contribution in [0.25, 0.3) is 21.9 Å². The van der Waals surface area contributed by atoms with Crippen molar-refractivity contribution in [2.75, 3.05) is 0 Å². The van der Waals surface area contributed by atoms with E-state index in [9.17, 15) is 0 Å². The van der Waals surface area contributed by atoms with E-state index in [-0.39, 0.29) is 0 Å². The number of hydrogen-bond donors (Lipinski definition) is 0. The Morgan fingerprint density at radius 2 is 1.78 bits per heavy atom. The van der Waals surface area contributed by atoms with Gasteiger partial charge < -0.3 is 4.42 Å². The third-order valence-corrected chi connectivity index (χ3v) is 3.69. The lowest BCUT2D eigenvalue weighted by Gasteiger charge is -2.10. The van der Waals surface area contributed by atoms with E-state index in [1.165, 1.54) is 29.2 Å². The minimum Gasteiger partial charge on any atom is -0.456 e. The van der Waals surface area contributed by atoms with Crippen molar-refractivity contribution in [3.63, 3.8) is 0 Å². The Balaban J connectivity index is 2.27. The van der Waals surface area contributed by atoms with E-state index >= 15 is 0 Å². The minimum absolute atomic E-state index is 0.555. The summed E-state index contributed by atoms with van der Waals surface area (Å²) < 4.78 is 6.05. The third kappa shape index (κ3) is 1.71. The molecule has 0 aliphatic carbocycles. The molecule has 0 saturated heterocycles. The second-order valence-corrected chi connectivity index (χ2v) is 5.01. The largest absolute Gasteiger partial charge is 0.456 e. The van der Waals surface area contributed by atoms with Gasteiger partial charge in [0.1, 0.15) is 11.2 Å². The summed E-state index contributed by atoms with van der Waals surface area (Å²) in [6.07, 6.45) is 2.41. The third-order valence-electron chi connectivity index (χ3n) is 3.69. The quantitative estimate of drug-likeness (QED) is 0.588. The summed E-state index contributed by atoms with van der Waals surface area (Å²) in [5.41, 5.74) is 3.40. The SMILES string of the molecule is CCCC(C)c1cccc2c1oc1ccccc12. The van der Waals surface area contributed by atoms with Crippen molar-refractivity contribution in [1.82, 2.24) is 0 Å². The van der Waals surface area contributed by atoms with Crippen LogP contribution in [0, 0.1) is 0 Å². The van der Waals surface area contributed by atoms with Crippen molar-refractivity contribution in [1.29, 1.82) is 0 Å². The number of rotatable bonds is 3. The standard InChI is InChI=1S/C17H18O/c1-3-7-12(2)13-9-6-10-15-14-8-4-5-11-16(14)18-17(13)15/h4-6,8-12H,3,7H2,1-2H3. The molecule has 0 amide bonds. The van der Waals surface area contributed by atoms with Crippen LogP contribution in [0.15, 0.2) is 46.9 Å². The molecule has 1 nitrogen and oxygen atoms in total. The summed E-state index contributed by atoms with van der Waals surface area (Å²) in [5, 5.41) is 2.46. The molecule has 0 saturated carbocycles. The van der Waals surface area contributed by atoms with Gasteiger partial charge in [-0.15, -0.1) is 0 Å². The number of para-hydroxylation sites is 2. The molecule has 1 heterocycles. The number of fused-ring (bicyclic) bond motifs is 3. The van der Waals surface area contributed by atoms with E-state index in [0.29, 0.717) is 5.92 Å². The van der Waals surface area contributed by atoms with Gasteiger partial charge in [-0.25, -0.2) is 0 Å². The van der Waals surface area contributed by atoms with Crippen molar-refractivity contribution < 1.29 is 4.42 Å². The molecule has 0 bridgehead atoms. The summed E-state index contributed by atoms with van der Waals surface area (Å²) in [7, 11) is 0. The average molecular weight is 238 g/mol. The molecule has 3 aromatic rings. The average Bonchev–Trinajstić information content (AvgIpc) is 2.77. The van der Waals surface area contributed by atoms with Gasteiger partial charge >= 0.3 is 0 Å². The molecule has 1 aromatic heterocycles. The van der Waals surface area contributed by atoms with Crippen molar-refractivity contribution in [3.8, 4) is 0 Å². The fraction of sp³-hybridized carbons (Fsp3) is 0.294. The van der Waals surface area contributed by atoms with Crippen LogP contribution < -0.4 is 0 Å². The van der Waals surface area contributed by atoms with E-state index in [1.807, 2.05) is 12.1 Å². The van der Waals surface area contributed by atoms with Crippen molar-refractivity contribution in [2.24, 2.45) is 0 Å². The van der Waals surface area contributed by atoms with E-state index in [0.717, 1.165) is 11.2 Å². The van der Waals surface area contributed by atoms with Crippen LogP contribution in [0.5, 0.6) is 0 Å². The Bertz CT molecular complexity index is 678. The van der Waals surface area contributed by atoms with Crippen LogP contribution in [-0.4, -0.2) is 0 Å². The zero-order valence-corrected chi connectivity index (χ0v) is 10.9. The Hall–Kier alpha value is -1.76. The maximum Gasteiger partial charge on any atom is 0.138 e. The topological polar surface area (TPSA) is 13.1 Å². The van der Waals surface area contributed by atoms with Crippen LogP contribution in [-0.2, 0) is 0 Å². The van der Waals surface area contributed by atoms with Crippen LogP contribution >= 0.6 is 0 Å². The predicted octanol–water partition coefficient (Wildman–Crippen LogP) is 5.49. The molecule has 1 unspecified atom stereocenters. The first-order chi connectivity index (χ1) is 8.81. The highest BCUT2D eigenvalue weighted by atomic mass is 16.3. The molecular formula is C17H18O. The molecule has 0 fully saturated rings. The Morgan fingerprint density at radius 1 is 1.00 bits per heavy atom. The molecule has 1 atom stereocenters. The zero-order valence-electron chi connectivity index (χ0n) is 10.9. The predicted molar refractivity (Wildman–Crippen MR) is 77.0 cm³/mol. The van der Waals surface area contributed by atoms with Gasteiger partial charge in [-0.05, 0) is 24.0 Å². The minimum atomic E-state index is 0.555. The molecule has 2 aromatic carbocycles. The van der Waals surface area contributed by atoms with E-state index in [2.05, 4.69) is 44.2 Å². The van der Waals surface area contributed by atoms with Gasteiger partial charge in [-0.3, -0.25) is 0 Å². The van der Waals surface area contributed by atoms with Gasteiger partial charge in [0, 0.05) is 10.8 Å². The first-order valence-electron chi connectivity index (χ1n) is 6.71. The first-order valence-corrected chi connectivity index (χ1v) is 6.71. The van der Waals surface area contributed by atoms with Crippen LogP contribution in [0.1, 0.15) is 38.2 Å². The normalized spacial score (nSPS) is 13.2. The molecule has 0 N–H and O–H groups in total. The summed E-state index contributed by atoms with van der Waals surface area (Å²) in [6.45, 7) is 4.51. The Morgan fingerprint density at radius 3 is 2.61 bits per heavy atom. The number of hydrogen-bond acceptors (Lipinski definition) is 1. The van der Waals surface area contributed by atoms with Crippen molar-refractivity contribution in [3.05, 3.63) is 48.0 Å². The second-order valence-electron chi connectivity index (χ2n) is 5.01. The fourth-order valence-electron chi connectivity index (χ4n) is 2.75. The second kappa shape index (κ2) is 4.49. The molecule has 0 aliphatic rings.